The summed E-state index contributed by atoms with van der Waals surface area (Å²) < 4.78 is 74.5. The summed E-state index contributed by atoms with van der Waals surface area (Å²) in [6.07, 6.45) is 0. The number of sulfone groups is 1. The molecule has 296 valence electrons. The highest BCUT2D eigenvalue weighted by Crippen LogP contribution is 2.41. The fraction of sp³-hybridized carbons (Fsp3) is 0.209. The summed E-state index contributed by atoms with van der Waals surface area (Å²) in [5, 5.41) is 0.714. The number of hydrogen-bond acceptors (Lipinski definition) is 8. The number of anilines is 4. The van der Waals surface area contributed by atoms with Gasteiger partial charge in [-0.2, -0.15) is 13.2 Å². The van der Waals surface area contributed by atoms with Gasteiger partial charge in [-0.05, 0) is 140 Å². The van der Waals surface area contributed by atoms with Gasteiger partial charge in [-0.15, -0.1) is 0 Å². The van der Waals surface area contributed by atoms with Gasteiger partial charge in [0.25, 0.3) is 9.84 Å². The standard InChI is InChI=1S/C43H41ClF3N5O2S3/c1-4-52-30(3)29(2)41(42(52)31-13-15-33(44)16-14-31)32-9-8-10-36(27-32)51-25-23-50(24-26-51)35-19-17-34(18-20-35)48-56-38-21-22-39(49-55-37-11-6-5-7-12-37)40(28-38)57(53,54)43(45,46)47/h5-22,27-28,48-49H,4,23-26H2,1-3H3. The Bertz CT molecular complexity index is 2450. The number of rotatable bonds is 12. The Morgan fingerprint density at radius 3 is 2.00 bits per heavy atom. The molecule has 0 radical (unpaired) electrons. The lowest BCUT2D eigenvalue weighted by molar-refractivity contribution is -0.0435. The number of benzene rings is 5. The minimum Gasteiger partial charge on any atom is -0.368 e. The normalized spacial score (nSPS) is 13.5. The first-order valence-corrected chi connectivity index (χ1v) is 21.9. The molecule has 57 heavy (non-hydrogen) atoms. The van der Waals surface area contributed by atoms with Crippen LogP contribution in [0, 0.1) is 13.8 Å². The van der Waals surface area contributed by atoms with Crippen LogP contribution in [0.3, 0.4) is 0 Å². The Labute approximate surface area is 345 Å². The Morgan fingerprint density at radius 1 is 0.702 bits per heavy atom. The van der Waals surface area contributed by atoms with E-state index in [1.807, 2.05) is 42.5 Å². The van der Waals surface area contributed by atoms with Gasteiger partial charge in [0.2, 0.25) is 0 Å². The first-order chi connectivity index (χ1) is 27.3. The van der Waals surface area contributed by atoms with Crippen molar-refractivity contribution < 1.29 is 21.6 Å². The van der Waals surface area contributed by atoms with Crippen molar-refractivity contribution >= 4 is 68.1 Å². The highest BCUT2D eigenvalue weighted by molar-refractivity contribution is 8.01. The maximum Gasteiger partial charge on any atom is 0.501 e. The number of alkyl halides is 3. The minimum absolute atomic E-state index is 0.150. The van der Waals surface area contributed by atoms with Crippen molar-refractivity contribution in [1.82, 2.24) is 4.57 Å². The molecule has 6 aromatic rings. The van der Waals surface area contributed by atoms with Crippen molar-refractivity contribution in [2.75, 3.05) is 45.4 Å². The monoisotopic (exact) mass is 847 g/mol. The van der Waals surface area contributed by atoms with Crippen LogP contribution in [0.1, 0.15) is 18.2 Å². The van der Waals surface area contributed by atoms with E-state index in [9.17, 15) is 21.6 Å². The lowest BCUT2D eigenvalue weighted by Gasteiger charge is -2.37. The third-order valence-electron chi connectivity index (χ3n) is 10.1. The molecule has 7 rings (SSSR count). The molecule has 1 aliphatic heterocycles. The molecule has 1 aromatic heterocycles. The molecular weight excluding hydrogens is 807 g/mol. The van der Waals surface area contributed by atoms with Crippen molar-refractivity contribution in [1.29, 1.82) is 0 Å². The molecule has 0 aliphatic carbocycles. The van der Waals surface area contributed by atoms with E-state index in [-0.39, 0.29) is 5.69 Å². The largest absolute Gasteiger partial charge is 0.501 e. The molecule has 0 amide bonds. The molecule has 1 fully saturated rings. The fourth-order valence-corrected chi connectivity index (χ4v) is 9.65. The first-order valence-electron chi connectivity index (χ1n) is 18.4. The molecule has 1 aliphatic rings. The summed E-state index contributed by atoms with van der Waals surface area (Å²) in [5.41, 5.74) is 4.63. The molecule has 2 heterocycles. The average Bonchev–Trinajstić information content (AvgIpc) is 3.48. The van der Waals surface area contributed by atoms with Gasteiger partial charge in [0, 0.05) is 75.9 Å². The molecule has 0 unspecified atom stereocenters. The van der Waals surface area contributed by atoms with Crippen LogP contribution in [-0.2, 0) is 16.4 Å². The molecule has 0 spiro atoms. The molecule has 1 saturated heterocycles. The molecule has 0 saturated carbocycles. The minimum atomic E-state index is -5.62. The number of piperazine rings is 1. The number of nitrogens with one attached hydrogen (secondary N) is 2. The summed E-state index contributed by atoms with van der Waals surface area (Å²) in [5.74, 6) is 0. The van der Waals surface area contributed by atoms with Gasteiger partial charge in [0.1, 0.15) is 4.90 Å². The SMILES string of the molecule is CCn1c(C)c(C)c(-c2cccc(N3CCN(c4ccc(NSc5ccc(NSc6ccccc6)c(S(=O)(=O)C(F)(F)F)c5)cc4)CC3)c2)c1-c1ccc(Cl)cc1. The van der Waals surface area contributed by atoms with Crippen molar-refractivity contribution in [2.24, 2.45) is 0 Å². The maximum atomic E-state index is 13.7. The quantitative estimate of drug-likeness (QED) is 0.118. The summed E-state index contributed by atoms with van der Waals surface area (Å²) in [7, 11) is -5.62. The van der Waals surface area contributed by atoms with Crippen LogP contribution < -0.4 is 19.2 Å². The van der Waals surface area contributed by atoms with Crippen LogP contribution >= 0.6 is 35.5 Å². The topological polar surface area (TPSA) is 69.6 Å². The van der Waals surface area contributed by atoms with Gasteiger partial charge in [0.15, 0.2) is 0 Å². The van der Waals surface area contributed by atoms with Crippen molar-refractivity contribution in [3.05, 3.63) is 138 Å². The van der Waals surface area contributed by atoms with Crippen molar-refractivity contribution in [2.45, 2.75) is 47.5 Å². The molecule has 0 bridgehead atoms. The third kappa shape index (κ3) is 8.76. The van der Waals surface area contributed by atoms with Crippen LogP contribution in [0.2, 0.25) is 5.02 Å². The summed E-state index contributed by atoms with van der Waals surface area (Å²) in [4.78, 5) is 4.94. The van der Waals surface area contributed by atoms with E-state index in [1.54, 1.807) is 30.3 Å². The number of aromatic nitrogens is 1. The predicted molar refractivity (Wildman–Crippen MR) is 231 cm³/mol. The summed E-state index contributed by atoms with van der Waals surface area (Å²) >= 11 is 8.32. The molecule has 14 heteroatoms. The maximum absolute atomic E-state index is 13.7. The second kappa shape index (κ2) is 17.0. The Morgan fingerprint density at radius 2 is 1.35 bits per heavy atom. The van der Waals surface area contributed by atoms with E-state index >= 15 is 0 Å². The second-order valence-electron chi connectivity index (χ2n) is 13.6. The zero-order valence-electron chi connectivity index (χ0n) is 31.5. The molecule has 0 atom stereocenters. The zero-order valence-corrected chi connectivity index (χ0v) is 34.7. The first kappa shape index (κ1) is 40.5. The van der Waals surface area contributed by atoms with E-state index < -0.39 is 20.2 Å². The fourth-order valence-electron chi connectivity index (χ4n) is 7.06. The molecular formula is C43H41ClF3N5O2S3. The lowest BCUT2D eigenvalue weighted by Crippen LogP contribution is -2.46. The van der Waals surface area contributed by atoms with Crippen molar-refractivity contribution in [3.8, 4) is 22.4 Å². The Balaban J connectivity index is 1.00. The molecule has 5 aromatic carbocycles. The zero-order chi connectivity index (χ0) is 40.3. The van der Waals surface area contributed by atoms with Gasteiger partial charge in [-0.1, -0.05) is 54.1 Å². The Hall–Kier alpha value is -4.69. The van der Waals surface area contributed by atoms with Crippen LogP contribution in [0.25, 0.3) is 22.4 Å². The van der Waals surface area contributed by atoms with Gasteiger partial charge in [-0.25, -0.2) is 8.42 Å². The average molecular weight is 848 g/mol. The van der Waals surface area contributed by atoms with Crippen LogP contribution in [0.4, 0.5) is 35.9 Å². The van der Waals surface area contributed by atoms with Gasteiger partial charge in [-0.3, -0.25) is 0 Å². The smallest absolute Gasteiger partial charge is 0.368 e. The summed E-state index contributed by atoms with van der Waals surface area (Å²) in [6, 6.07) is 37.6. The van der Waals surface area contributed by atoms with E-state index in [0.29, 0.717) is 9.92 Å². The number of hydrogen-bond donors (Lipinski definition) is 2. The van der Waals surface area contributed by atoms with Gasteiger partial charge < -0.3 is 23.8 Å². The van der Waals surface area contributed by atoms with Crippen LogP contribution in [-0.4, -0.2) is 44.7 Å². The van der Waals surface area contributed by atoms with Crippen LogP contribution in [0.15, 0.2) is 136 Å². The number of halogens is 4. The summed E-state index contributed by atoms with van der Waals surface area (Å²) in [6.45, 7) is 10.8. The highest BCUT2D eigenvalue weighted by Gasteiger charge is 2.48. The lowest BCUT2D eigenvalue weighted by atomic mass is 9.97. The highest BCUT2D eigenvalue weighted by atomic mass is 35.5. The molecule has 2 N–H and O–H groups in total. The number of nitrogens with zero attached hydrogens (tertiary/aromatic N) is 3. The van der Waals surface area contributed by atoms with E-state index in [0.717, 1.165) is 84.5 Å². The van der Waals surface area contributed by atoms with Crippen molar-refractivity contribution in [3.63, 3.8) is 0 Å². The third-order valence-corrected chi connectivity index (χ3v) is 13.6. The van der Waals surface area contributed by atoms with Gasteiger partial charge in [0.05, 0.1) is 11.4 Å². The second-order valence-corrected chi connectivity index (χ2v) is 17.7. The van der Waals surface area contributed by atoms with E-state index in [1.165, 1.54) is 39.8 Å². The predicted octanol–water partition coefficient (Wildman–Crippen LogP) is 12.0. The van der Waals surface area contributed by atoms with Crippen LogP contribution in [0.5, 0.6) is 0 Å². The Kier molecular flexibility index (Phi) is 12.1. The van der Waals surface area contributed by atoms with E-state index in [4.69, 9.17) is 11.6 Å². The van der Waals surface area contributed by atoms with Gasteiger partial charge >= 0.3 is 5.51 Å². The molecule has 7 nitrogen and oxygen atoms in total. The van der Waals surface area contributed by atoms with E-state index in [2.05, 4.69) is 81.0 Å².